The first-order chi connectivity index (χ1) is 8.79. The minimum absolute atomic E-state index is 0.544. The van der Waals surface area contributed by atoms with Gasteiger partial charge < -0.3 is 5.32 Å². The Bertz CT molecular complexity index is 422. The second kappa shape index (κ2) is 6.51. The van der Waals surface area contributed by atoms with Crippen LogP contribution in [0.5, 0.6) is 0 Å². The lowest BCUT2D eigenvalue weighted by molar-refractivity contribution is 0.274. The van der Waals surface area contributed by atoms with Crippen LogP contribution in [0, 0.1) is 23.2 Å². The van der Waals surface area contributed by atoms with Crippen LogP contribution in [0.3, 0.4) is 0 Å². The molecular weight excluding hydrogens is 222 g/mol. The van der Waals surface area contributed by atoms with E-state index in [2.05, 4.69) is 23.3 Å². The number of nitrogens with one attached hydrogen (secondary N) is 1. The van der Waals surface area contributed by atoms with Gasteiger partial charge in [-0.25, -0.2) is 4.98 Å². The normalized spacial score (nSPS) is 23.6. The number of aromatic nitrogens is 1. The average molecular weight is 243 g/mol. The second-order valence-electron chi connectivity index (χ2n) is 5.39. The molecule has 18 heavy (non-hydrogen) atoms. The van der Waals surface area contributed by atoms with E-state index in [0.717, 1.165) is 30.5 Å². The zero-order chi connectivity index (χ0) is 12.8. The van der Waals surface area contributed by atoms with Gasteiger partial charge in [0.05, 0.1) is 0 Å². The van der Waals surface area contributed by atoms with Crippen LogP contribution in [0.1, 0.15) is 43.9 Å². The number of hydrogen-bond donors (Lipinski definition) is 1. The van der Waals surface area contributed by atoms with Crippen molar-refractivity contribution in [2.24, 2.45) is 11.8 Å². The molecule has 1 heterocycles. The fraction of sp³-hybridized carbons (Fsp3) is 0.600. The average Bonchev–Trinajstić information content (AvgIpc) is 2.39. The van der Waals surface area contributed by atoms with E-state index in [4.69, 9.17) is 5.26 Å². The summed E-state index contributed by atoms with van der Waals surface area (Å²) in [5.41, 5.74) is 1.55. The predicted octanol–water partition coefficient (Wildman–Crippen LogP) is 2.87. The fourth-order valence-corrected chi connectivity index (χ4v) is 2.84. The largest absolute Gasteiger partial charge is 0.312 e. The Labute approximate surface area is 109 Å². The third-order valence-electron chi connectivity index (χ3n) is 3.79. The molecule has 1 aliphatic rings. The molecule has 3 heteroatoms. The molecule has 0 aliphatic heterocycles. The lowest BCUT2D eigenvalue weighted by Crippen LogP contribution is -2.26. The Balaban J connectivity index is 1.80. The predicted molar refractivity (Wildman–Crippen MR) is 71.8 cm³/mol. The van der Waals surface area contributed by atoms with Crippen LogP contribution in [0.15, 0.2) is 18.3 Å². The minimum Gasteiger partial charge on any atom is -0.312 e. The minimum atomic E-state index is 0.544. The van der Waals surface area contributed by atoms with Gasteiger partial charge in [-0.1, -0.05) is 25.8 Å². The van der Waals surface area contributed by atoms with Crippen molar-refractivity contribution in [1.29, 1.82) is 5.26 Å². The molecular formula is C15H21N3. The van der Waals surface area contributed by atoms with Crippen molar-refractivity contribution in [3.63, 3.8) is 0 Å². The molecule has 0 radical (unpaired) electrons. The molecule has 0 bridgehead atoms. The molecule has 1 aliphatic carbocycles. The van der Waals surface area contributed by atoms with Gasteiger partial charge in [0.1, 0.15) is 11.8 Å². The van der Waals surface area contributed by atoms with Crippen molar-refractivity contribution >= 4 is 0 Å². The molecule has 2 rings (SSSR count). The Hall–Kier alpha value is -1.40. The summed E-state index contributed by atoms with van der Waals surface area (Å²) >= 11 is 0. The number of nitriles is 1. The van der Waals surface area contributed by atoms with Gasteiger partial charge in [-0.2, -0.15) is 5.26 Å². The second-order valence-corrected chi connectivity index (χ2v) is 5.39. The highest BCUT2D eigenvalue weighted by Crippen LogP contribution is 2.27. The lowest BCUT2D eigenvalue weighted by Gasteiger charge is -2.26. The van der Waals surface area contributed by atoms with Gasteiger partial charge in [0.2, 0.25) is 0 Å². The van der Waals surface area contributed by atoms with Crippen molar-refractivity contribution < 1.29 is 0 Å². The molecule has 1 aromatic rings. The van der Waals surface area contributed by atoms with Gasteiger partial charge in [-0.3, -0.25) is 0 Å². The summed E-state index contributed by atoms with van der Waals surface area (Å²) in [5, 5.41) is 12.4. The summed E-state index contributed by atoms with van der Waals surface area (Å²) in [6.45, 7) is 4.16. The Morgan fingerprint density at radius 3 is 3.17 bits per heavy atom. The summed E-state index contributed by atoms with van der Waals surface area (Å²) < 4.78 is 0. The van der Waals surface area contributed by atoms with Crippen molar-refractivity contribution in [2.45, 2.75) is 39.2 Å². The highest BCUT2D eigenvalue weighted by molar-refractivity contribution is 5.30. The molecule has 96 valence electrons. The van der Waals surface area contributed by atoms with Crippen LogP contribution in [0.2, 0.25) is 0 Å². The molecule has 0 spiro atoms. The maximum atomic E-state index is 8.96. The van der Waals surface area contributed by atoms with Crippen LogP contribution < -0.4 is 5.32 Å². The Morgan fingerprint density at radius 2 is 2.39 bits per heavy atom. The van der Waals surface area contributed by atoms with Crippen molar-refractivity contribution in [1.82, 2.24) is 10.3 Å². The molecule has 0 amide bonds. The van der Waals surface area contributed by atoms with E-state index >= 15 is 0 Å². The first kappa shape index (κ1) is 13.0. The van der Waals surface area contributed by atoms with Gasteiger partial charge in [0.15, 0.2) is 0 Å². The van der Waals surface area contributed by atoms with Gasteiger partial charge in [0.25, 0.3) is 0 Å². The van der Waals surface area contributed by atoms with Gasteiger partial charge >= 0.3 is 0 Å². The van der Waals surface area contributed by atoms with Gasteiger partial charge in [-0.15, -0.1) is 0 Å². The summed E-state index contributed by atoms with van der Waals surface area (Å²) in [6.07, 6.45) is 7.10. The molecule has 2 atom stereocenters. The summed E-state index contributed by atoms with van der Waals surface area (Å²) in [7, 11) is 0. The molecule has 0 saturated heterocycles. The third-order valence-corrected chi connectivity index (χ3v) is 3.79. The number of rotatable bonds is 4. The summed E-state index contributed by atoms with van der Waals surface area (Å²) in [5.74, 6) is 1.68. The van der Waals surface area contributed by atoms with E-state index in [9.17, 15) is 0 Å². The third kappa shape index (κ3) is 3.54. The SMILES string of the molecule is CC1CCCC(CNCc2cccnc2C#N)C1. The van der Waals surface area contributed by atoms with Crippen LogP contribution in [0.25, 0.3) is 0 Å². The smallest absolute Gasteiger partial charge is 0.144 e. The maximum absolute atomic E-state index is 8.96. The summed E-state index contributed by atoms with van der Waals surface area (Å²) in [4.78, 5) is 4.07. The van der Waals surface area contributed by atoms with Gasteiger partial charge in [-0.05, 0) is 37.3 Å². The first-order valence-corrected chi connectivity index (χ1v) is 6.84. The van der Waals surface area contributed by atoms with E-state index in [1.54, 1.807) is 6.20 Å². The maximum Gasteiger partial charge on any atom is 0.144 e. The van der Waals surface area contributed by atoms with E-state index in [1.165, 1.54) is 25.7 Å². The van der Waals surface area contributed by atoms with Crippen molar-refractivity contribution in [3.8, 4) is 6.07 Å². The van der Waals surface area contributed by atoms with E-state index < -0.39 is 0 Å². The van der Waals surface area contributed by atoms with E-state index in [0.29, 0.717) is 5.69 Å². The Morgan fingerprint density at radius 1 is 1.50 bits per heavy atom. The Kier molecular flexibility index (Phi) is 4.72. The van der Waals surface area contributed by atoms with Crippen molar-refractivity contribution in [2.75, 3.05) is 6.54 Å². The molecule has 0 aromatic carbocycles. The standard InChI is InChI=1S/C15H21N3/c1-12-4-2-5-13(8-12)10-17-11-14-6-3-7-18-15(14)9-16/h3,6-7,12-13,17H,2,4-5,8,10-11H2,1H3. The van der Waals surface area contributed by atoms with Crippen LogP contribution in [-0.4, -0.2) is 11.5 Å². The highest BCUT2D eigenvalue weighted by Gasteiger charge is 2.18. The van der Waals surface area contributed by atoms with Crippen LogP contribution >= 0.6 is 0 Å². The molecule has 1 aromatic heterocycles. The molecule has 2 unspecified atom stereocenters. The fourth-order valence-electron chi connectivity index (χ4n) is 2.84. The summed E-state index contributed by atoms with van der Waals surface area (Å²) in [6, 6.07) is 6.00. The topological polar surface area (TPSA) is 48.7 Å². The van der Waals surface area contributed by atoms with E-state index in [1.807, 2.05) is 12.1 Å². The lowest BCUT2D eigenvalue weighted by atomic mass is 9.82. The zero-order valence-corrected chi connectivity index (χ0v) is 11.0. The zero-order valence-electron chi connectivity index (χ0n) is 11.0. The number of nitrogens with zero attached hydrogens (tertiary/aromatic N) is 2. The number of pyridine rings is 1. The highest BCUT2D eigenvalue weighted by atomic mass is 14.9. The molecule has 1 N–H and O–H groups in total. The monoisotopic (exact) mass is 243 g/mol. The quantitative estimate of drug-likeness (QED) is 0.884. The van der Waals surface area contributed by atoms with Crippen molar-refractivity contribution in [3.05, 3.63) is 29.6 Å². The van der Waals surface area contributed by atoms with Crippen LogP contribution in [-0.2, 0) is 6.54 Å². The van der Waals surface area contributed by atoms with Gasteiger partial charge in [0, 0.05) is 18.3 Å². The van der Waals surface area contributed by atoms with E-state index in [-0.39, 0.29) is 0 Å². The molecule has 1 saturated carbocycles. The molecule has 1 fully saturated rings. The van der Waals surface area contributed by atoms with Crippen LogP contribution in [0.4, 0.5) is 0 Å². The first-order valence-electron chi connectivity index (χ1n) is 6.84. The molecule has 3 nitrogen and oxygen atoms in total. The number of hydrogen-bond acceptors (Lipinski definition) is 3.